The molecule has 1 aliphatic heterocycles. The van der Waals surface area contributed by atoms with Crippen molar-refractivity contribution in [2.75, 3.05) is 6.54 Å². The third-order valence-electron chi connectivity index (χ3n) is 4.90. The highest BCUT2D eigenvalue weighted by Gasteiger charge is 2.33. The maximum Gasteiger partial charge on any atom is 0.264 e. The van der Waals surface area contributed by atoms with Crippen LogP contribution in [-0.2, 0) is 11.2 Å². The SMILES string of the molecule is C[C@H](CCc1ccccc1)NC(=O)[C@H]1CCCCN1C(=O)c1cccs1. The lowest BCUT2D eigenvalue weighted by molar-refractivity contribution is -0.127. The fourth-order valence-corrected chi connectivity index (χ4v) is 4.11. The zero-order valence-electron chi connectivity index (χ0n) is 15.2. The van der Waals surface area contributed by atoms with E-state index in [1.54, 1.807) is 4.90 Å². The monoisotopic (exact) mass is 370 g/mol. The van der Waals surface area contributed by atoms with Crippen molar-refractivity contribution in [3.05, 3.63) is 58.3 Å². The number of hydrogen-bond donors (Lipinski definition) is 1. The normalized spacial score (nSPS) is 18.3. The summed E-state index contributed by atoms with van der Waals surface area (Å²) in [5.74, 6) is -0.0352. The highest BCUT2D eigenvalue weighted by Crippen LogP contribution is 2.22. The highest BCUT2D eigenvalue weighted by molar-refractivity contribution is 7.12. The molecule has 2 amide bonds. The molecular weight excluding hydrogens is 344 g/mol. The van der Waals surface area contributed by atoms with E-state index >= 15 is 0 Å². The van der Waals surface area contributed by atoms with E-state index in [4.69, 9.17) is 0 Å². The number of likely N-dealkylation sites (tertiary alicyclic amines) is 1. The van der Waals surface area contributed by atoms with Crippen molar-refractivity contribution in [2.24, 2.45) is 0 Å². The van der Waals surface area contributed by atoms with Crippen LogP contribution in [0.5, 0.6) is 0 Å². The van der Waals surface area contributed by atoms with Gasteiger partial charge in [-0.25, -0.2) is 0 Å². The Bertz CT molecular complexity index is 715. The van der Waals surface area contributed by atoms with Crippen molar-refractivity contribution in [1.82, 2.24) is 10.2 Å². The number of rotatable bonds is 6. The molecule has 0 spiro atoms. The molecule has 0 radical (unpaired) electrons. The van der Waals surface area contributed by atoms with Gasteiger partial charge in [-0.3, -0.25) is 9.59 Å². The van der Waals surface area contributed by atoms with Crippen LogP contribution >= 0.6 is 11.3 Å². The van der Waals surface area contributed by atoms with Gasteiger partial charge in [0.05, 0.1) is 4.88 Å². The van der Waals surface area contributed by atoms with Crippen LogP contribution in [0.2, 0.25) is 0 Å². The van der Waals surface area contributed by atoms with Crippen LogP contribution in [0.25, 0.3) is 0 Å². The zero-order chi connectivity index (χ0) is 18.4. The number of piperidine rings is 1. The van der Waals surface area contributed by atoms with Gasteiger partial charge in [0.15, 0.2) is 0 Å². The Morgan fingerprint density at radius 3 is 2.73 bits per heavy atom. The van der Waals surface area contributed by atoms with Gasteiger partial charge in [-0.05, 0) is 56.0 Å². The first-order valence-corrected chi connectivity index (χ1v) is 10.2. The Morgan fingerprint density at radius 1 is 1.19 bits per heavy atom. The lowest BCUT2D eigenvalue weighted by Crippen LogP contribution is -2.53. The number of thiophene rings is 1. The first-order valence-electron chi connectivity index (χ1n) is 9.34. The van der Waals surface area contributed by atoms with E-state index in [1.807, 2.05) is 42.6 Å². The molecule has 4 nitrogen and oxygen atoms in total. The predicted molar refractivity (Wildman–Crippen MR) is 105 cm³/mol. The summed E-state index contributed by atoms with van der Waals surface area (Å²) in [6, 6.07) is 13.7. The molecule has 0 unspecified atom stereocenters. The van der Waals surface area contributed by atoms with Gasteiger partial charge >= 0.3 is 0 Å². The number of amides is 2. The Hall–Kier alpha value is -2.14. The van der Waals surface area contributed by atoms with E-state index in [2.05, 4.69) is 17.4 Å². The van der Waals surface area contributed by atoms with Gasteiger partial charge in [-0.2, -0.15) is 0 Å². The number of hydrogen-bond acceptors (Lipinski definition) is 3. The largest absolute Gasteiger partial charge is 0.352 e. The van der Waals surface area contributed by atoms with Gasteiger partial charge in [0.25, 0.3) is 5.91 Å². The van der Waals surface area contributed by atoms with Crippen LogP contribution in [0.3, 0.4) is 0 Å². The number of carbonyl (C=O) groups excluding carboxylic acids is 2. The fraction of sp³-hybridized carbons (Fsp3) is 0.429. The summed E-state index contributed by atoms with van der Waals surface area (Å²) in [5, 5.41) is 5.02. The molecule has 2 aromatic rings. The molecule has 0 saturated carbocycles. The van der Waals surface area contributed by atoms with Gasteiger partial charge in [0.1, 0.15) is 6.04 Å². The van der Waals surface area contributed by atoms with E-state index < -0.39 is 0 Å². The van der Waals surface area contributed by atoms with Gasteiger partial charge in [0.2, 0.25) is 5.91 Å². The van der Waals surface area contributed by atoms with Crippen LogP contribution in [0.1, 0.15) is 47.8 Å². The summed E-state index contributed by atoms with van der Waals surface area (Å²) in [7, 11) is 0. The number of benzene rings is 1. The van der Waals surface area contributed by atoms with Crippen molar-refractivity contribution < 1.29 is 9.59 Å². The molecule has 3 rings (SSSR count). The van der Waals surface area contributed by atoms with Crippen LogP contribution < -0.4 is 5.32 Å². The van der Waals surface area contributed by atoms with Crippen LogP contribution in [0.4, 0.5) is 0 Å². The standard InChI is InChI=1S/C21H26N2O2S/c1-16(12-13-17-8-3-2-4-9-17)22-20(24)18-10-5-6-14-23(18)21(25)19-11-7-15-26-19/h2-4,7-9,11,15-16,18H,5-6,10,12-14H2,1H3,(H,22,24)/t16-,18-/m1/s1. The molecule has 2 heterocycles. The summed E-state index contributed by atoms with van der Waals surface area (Å²) >= 11 is 1.44. The minimum Gasteiger partial charge on any atom is -0.352 e. The van der Waals surface area contributed by atoms with Crippen molar-refractivity contribution in [3.63, 3.8) is 0 Å². The topological polar surface area (TPSA) is 49.4 Å². The van der Waals surface area contributed by atoms with Gasteiger partial charge < -0.3 is 10.2 Å². The van der Waals surface area contributed by atoms with Crippen molar-refractivity contribution in [1.29, 1.82) is 0 Å². The maximum atomic E-state index is 12.8. The Morgan fingerprint density at radius 2 is 2.00 bits per heavy atom. The molecule has 1 aromatic heterocycles. The summed E-state index contributed by atoms with van der Waals surface area (Å²) < 4.78 is 0. The molecule has 5 heteroatoms. The van der Waals surface area contributed by atoms with E-state index in [0.29, 0.717) is 11.4 Å². The fourth-order valence-electron chi connectivity index (χ4n) is 3.43. The first kappa shape index (κ1) is 18.6. The average Bonchev–Trinajstić information content (AvgIpc) is 3.21. The van der Waals surface area contributed by atoms with Gasteiger partial charge in [-0.15, -0.1) is 11.3 Å². The first-order chi connectivity index (χ1) is 12.6. The quantitative estimate of drug-likeness (QED) is 0.839. The number of aryl methyl sites for hydroxylation is 1. The lowest BCUT2D eigenvalue weighted by atomic mass is 10.00. The number of nitrogens with one attached hydrogen (secondary N) is 1. The Kier molecular flexibility index (Phi) is 6.45. The average molecular weight is 371 g/mol. The Balaban J connectivity index is 1.57. The maximum absolute atomic E-state index is 12.8. The number of nitrogens with zero attached hydrogens (tertiary/aromatic N) is 1. The smallest absolute Gasteiger partial charge is 0.264 e. The molecule has 0 bridgehead atoms. The minimum absolute atomic E-state index is 0.0169. The molecule has 0 aliphatic carbocycles. The summed E-state index contributed by atoms with van der Waals surface area (Å²) in [6.07, 6.45) is 4.52. The van der Waals surface area contributed by atoms with Crippen molar-refractivity contribution in [2.45, 2.75) is 51.1 Å². The van der Waals surface area contributed by atoms with Crippen LogP contribution in [0.15, 0.2) is 47.8 Å². The third-order valence-corrected chi connectivity index (χ3v) is 5.75. The van der Waals surface area contributed by atoms with Crippen molar-refractivity contribution >= 4 is 23.2 Å². The second-order valence-electron chi connectivity index (χ2n) is 6.92. The number of carbonyl (C=O) groups is 2. The molecule has 138 valence electrons. The summed E-state index contributed by atoms with van der Waals surface area (Å²) in [6.45, 7) is 2.70. The Labute approximate surface area is 159 Å². The molecule has 1 saturated heterocycles. The minimum atomic E-state index is -0.350. The second-order valence-corrected chi connectivity index (χ2v) is 7.87. The van der Waals surface area contributed by atoms with Crippen LogP contribution in [-0.4, -0.2) is 35.3 Å². The molecule has 26 heavy (non-hydrogen) atoms. The van der Waals surface area contributed by atoms with Gasteiger partial charge in [-0.1, -0.05) is 36.4 Å². The second kappa shape index (κ2) is 8.99. The van der Waals surface area contributed by atoms with E-state index in [0.717, 1.165) is 32.1 Å². The zero-order valence-corrected chi connectivity index (χ0v) is 16.0. The highest BCUT2D eigenvalue weighted by atomic mass is 32.1. The summed E-state index contributed by atoms with van der Waals surface area (Å²) in [5.41, 5.74) is 1.28. The van der Waals surface area contributed by atoms with E-state index in [-0.39, 0.29) is 23.9 Å². The molecule has 1 N–H and O–H groups in total. The van der Waals surface area contributed by atoms with E-state index in [1.165, 1.54) is 16.9 Å². The molecule has 2 atom stereocenters. The van der Waals surface area contributed by atoms with E-state index in [9.17, 15) is 9.59 Å². The lowest BCUT2D eigenvalue weighted by Gasteiger charge is -2.35. The predicted octanol–water partition coefficient (Wildman–Crippen LogP) is 3.88. The molecule has 1 aromatic carbocycles. The molecule has 1 fully saturated rings. The molecule has 1 aliphatic rings. The van der Waals surface area contributed by atoms with Crippen LogP contribution in [0, 0.1) is 0 Å². The summed E-state index contributed by atoms with van der Waals surface area (Å²) in [4.78, 5) is 28.0. The van der Waals surface area contributed by atoms with Gasteiger partial charge in [0, 0.05) is 12.6 Å². The van der Waals surface area contributed by atoms with Crippen molar-refractivity contribution in [3.8, 4) is 0 Å². The third kappa shape index (κ3) is 4.73. The molecular formula is C21H26N2O2S.